The highest BCUT2D eigenvalue weighted by Gasteiger charge is 2.25. The molecule has 0 aliphatic heterocycles. The lowest BCUT2D eigenvalue weighted by molar-refractivity contribution is 0.108. The van der Waals surface area contributed by atoms with Crippen LogP contribution in [0.5, 0.6) is 0 Å². The Kier molecular flexibility index (Phi) is 3.21. The summed E-state index contributed by atoms with van der Waals surface area (Å²) in [6.45, 7) is 0. The molecule has 1 aromatic heterocycles. The predicted octanol–water partition coefficient (Wildman–Crippen LogP) is 2.19. The van der Waals surface area contributed by atoms with Crippen molar-refractivity contribution >= 4 is 22.7 Å². The van der Waals surface area contributed by atoms with Crippen LogP contribution in [0.15, 0.2) is 24.3 Å². The minimum absolute atomic E-state index is 0.308. The largest absolute Gasteiger partial charge is 0.381 e. The summed E-state index contributed by atoms with van der Waals surface area (Å²) in [4.78, 5) is 8.57. The van der Waals surface area contributed by atoms with Gasteiger partial charge in [0.1, 0.15) is 5.82 Å². The van der Waals surface area contributed by atoms with Crippen molar-refractivity contribution in [3.63, 3.8) is 0 Å². The summed E-state index contributed by atoms with van der Waals surface area (Å²) >= 11 is 0. The molecule has 0 amide bonds. The SMILES string of the molecule is COC1CCC(Nc2nc(N)nc3ccccc23)C1. The minimum Gasteiger partial charge on any atom is -0.381 e. The molecule has 1 heterocycles. The zero-order chi connectivity index (χ0) is 13.2. The molecule has 1 aliphatic carbocycles. The van der Waals surface area contributed by atoms with Gasteiger partial charge in [-0.1, -0.05) is 12.1 Å². The number of rotatable bonds is 3. The highest BCUT2D eigenvalue weighted by Crippen LogP contribution is 2.27. The average Bonchev–Trinajstić information content (AvgIpc) is 2.86. The van der Waals surface area contributed by atoms with Gasteiger partial charge in [-0.3, -0.25) is 0 Å². The van der Waals surface area contributed by atoms with Crippen LogP contribution in [-0.4, -0.2) is 29.2 Å². The van der Waals surface area contributed by atoms with Crippen LogP contribution in [0.3, 0.4) is 0 Å². The highest BCUT2D eigenvalue weighted by atomic mass is 16.5. The van der Waals surface area contributed by atoms with E-state index in [1.807, 2.05) is 24.3 Å². The number of hydrogen-bond acceptors (Lipinski definition) is 5. The fourth-order valence-electron chi connectivity index (χ4n) is 2.68. The number of anilines is 2. The van der Waals surface area contributed by atoms with Gasteiger partial charge in [0, 0.05) is 18.5 Å². The fourth-order valence-corrected chi connectivity index (χ4v) is 2.68. The summed E-state index contributed by atoms with van der Waals surface area (Å²) in [5.41, 5.74) is 6.64. The van der Waals surface area contributed by atoms with E-state index in [1.54, 1.807) is 7.11 Å². The number of nitrogens with one attached hydrogen (secondary N) is 1. The van der Waals surface area contributed by atoms with Crippen LogP contribution in [0.25, 0.3) is 10.9 Å². The third-order valence-electron chi connectivity index (χ3n) is 3.68. The molecule has 0 saturated heterocycles. The van der Waals surface area contributed by atoms with Crippen LogP contribution in [0, 0.1) is 0 Å². The maximum absolute atomic E-state index is 5.77. The monoisotopic (exact) mass is 258 g/mol. The molecule has 2 aromatic rings. The van der Waals surface area contributed by atoms with Crippen molar-refractivity contribution in [2.24, 2.45) is 0 Å². The Balaban J connectivity index is 1.88. The molecular formula is C14H18N4O. The summed E-state index contributed by atoms with van der Waals surface area (Å²) in [7, 11) is 1.77. The van der Waals surface area contributed by atoms with E-state index in [-0.39, 0.29) is 0 Å². The van der Waals surface area contributed by atoms with E-state index in [1.165, 1.54) is 0 Å². The Morgan fingerprint density at radius 1 is 1.26 bits per heavy atom. The van der Waals surface area contributed by atoms with E-state index in [2.05, 4.69) is 15.3 Å². The molecule has 1 aliphatic rings. The number of nitrogens with two attached hydrogens (primary N) is 1. The Labute approximate surface area is 112 Å². The molecule has 19 heavy (non-hydrogen) atoms. The zero-order valence-electron chi connectivity index (χ0n) is 11.0. The molecule has 0 spiro atoms. The van der Waals surface area contributed by atoms with Gasteiger partial charge < -0.3 is 15.8 Å². The van der Waals surface area contributed by atoms with Gasteiger partial charge in [-0.05, 0) is 31.4 Å². The van der Waals surface area contributed by atoms with Gasteiger partial charge in [0.2, 0.25) is 5.95 Å². The summed E-state index contributed by atoms with van der Waals surface area (Å²) in [6, 6.07) is 8.29. The average molecular weight is 258 g/mol. The van der Waals surface area contributed by atoms with Crippen LogP contribution < -0.4 is 11.1 Å². The lowest BCUT2D eigenvalue weighted by Crippen LogP contribution is -2.18. The second kappa shape index (κ2) is 5.01. The van der Waals surface area contributed by atoms with Crippen molar-refractivity contribution in [3.8, 4) is 0 Å². The highest BCUT2D eigenvalue weighted by molar-refractivity contribution is 5.89. The number of hydrogen-bond donors (Lipinski definition) is 2. The summed E-state index contributed by atoms with van der Waals surface area (Å²) < 4.78 is 5.39. The summed E-state index contributed by atoms with van der Waals surface area (Å²) in [5, 5.41) is 4.49. The lowest BCUT2D eigenvalue weighted by atomic mass is 10.2. The molecule has 1 aromatic carbocycles. The van der Waals surface area contributed by atoms with Crippen molar-refractivity contribution in [2.45, 2.75) is 31.4 Å². The van der Waals surface area contributed by atoms with E-state index in [0.29, 0.717) is 18.1 Å². The molecule has 3 rings (SSSR count). The van der Waals surface area contributed by atoms with Gasteiger partial charge in [0.05, 0.1) is 11.6 Å². The molecule has 1 saturated carbocycles. The number of aromatic nitrogens is 2. The van der Waals surface area contributed by atoms with Gasteiger partial charge in [0.25, 0.3) is 0 Å². The molecular weight excluding hydrogens is 240 g/mol. The molecule has 0 radical (unpaired) electrons. The number of para-hydroxylation sites is 1. The Bertz CT molecular complexity index is 587. The Hall–Kier alpha value is -1.88. The smallest absolute Gasteiger partial charge is 0.222 e. The molecule has 2 atom stereocenters. The van der Waals surface area contributed by atoms with Crippen LogP contribution in [0.1, 0.15) is 19.3 Å². The normalized spacial score (nSPS) is 22.8. The van der Waals surface area contributed by atoms with E-state index in [0.717, 1.165) is 36.0 Å². The van der Waals surface area contributed by atoms with Crippen molar-refractivity contribution in [1.29, 1.82) is 0 Å². The topological polar surface area (TPSA) is 73.1 Å². The number of methoxy groups -OCH3 is 1. The Morgan fingerprint density at radius 2 is 2.11 bits per heavy atom. The quantitative estimate of drug-likeness (QED) is 0.883. The number of nitrogen functional groups attached to an aromatic ring is 1. The second-order valence-corrected chi connectivity index (χ2v) is 4.96. The van der Waals surface area contributed by atoms with Gasteiger partial charge >= 0.3 is 0 Å². The number of fused-ring (bicyclic) bond motifs is 1. The molecule has 2 unspecified atom stereocenters. The van der Waals surface area contributed by atoms with Crippen LogP contribution in [0.2, 0.25) is 0 Å². The molecule has 1 fully saturated rings. The third-order valence-corrected chi connectivity index (χ3v) is 3.68. The molecule has 100 valence electrons. The summed E-state index contributed by atoms with van der Waals surface area (Å²) in [5.74, 6) is 1.13. The lowest BCUT2D eigenvalue weighted by Gasteiger charge is -2.15. The number of benzene rings is 1. The number of ether oxygens (including phenoxy) is 1. The van der Waals surface area contributed by atoms with Gasteiger partial charge in [-0.2, -0.15) is 4.98 Å². The molecule has 0 bridgehead atoms. The second-order valence-electron chi connectivity index (χ2n) is 4.96. The van der Waals surface area contributed by atoms with E-state index >= 15 is 0 Å². The first-order chi connectivity index (χ1) is 9.26. The van der Waals surface area contributed by atoms with Crippen LogP contribution in [0.4, 0.5) is 11.8 Å². The predicted molar refractivity (Wildman–Crippen MR) is 76.0 cm³/mol. The standard InChI is InChI=1S/C14H18N4O/c1-19-10-7-6-9(8-10)16-13-11-4-2-3-5-12(11)17-14(15)18-13/h2-5,9-10H,6-8H2,1H3,(H3,15,16,17,18). The van der Waals surface area contributed by atoms with Crippen LogP contribution >= 0.6 is 0 Å². The van der Waals surface area contributed by atoms with E-state index in [9.17, 15) is 0 Å². The summed E-state index contributed by atoms with van der Waals surface area (Å²) in [6.07, 6.45) is 3.54. The Morgan fingerprint density at radius 3 is 2.89 bits per heavy atom. The number of nitrogens with zero attached hydrogens (tertiary/aromatic N) is 2. The van der Waals surface area contributed by atoms with Crippen LogP contribution in [-0.2, 0) is 4.74 Å². The zero-order valence-corrected chi connectivity index (χ0v) is 11.0. The van der Waals surface area contributed by atoms with Gasteiger partial charge in [-0.15, -0.1) is 0 Å². The van der Waals surface area contributed by atoms with Gasteiger partial charge in [0.15, 0.2) is 0 Å². The first-order valence-corrected chi connectivity index (χ1v) is 6.58. The van der Waals surface area contributed by atoms with Crippen molar-refractivity contribution in [2.75, 3.05) is 18.2 Å². The molecule has 3 N–H and O–H groups in total. The molecule has 5 nitrogen and oxygen atoms in total. The van der Waals surface area contributed by atoms with Crippen molar-refractivity contribution in [3.05, 3.63) is 24.3 Å². The minimum atomic E-state index is 0.308. The van der Waals surface area contributed by atoms with E-state index in [4.69, 9.17) is 10.5 Å². The van der Waals surface area contributed by atoms with Gasteiger partial charge in [-0.25, -0.2) is 4.98 Å². The third kappa shape index (κ3) is 2.46. The maximum Gasteiger partial charge on any atom is 0.222 e. The first-order valence-electron chi connectivity index (χ1n) is 6.58. The maximum atomic E-state index is 5.77. The fraction of sp³-hybridized carbons (Fsp3) is 0.429. The first kappa shape index (κ1) is 12.2. The molecule has 5 heteroatoms. The van der Waals surface area contributed by atoms with Crippen molar-refractivity contribution in [1.82, 2.24) is 9.97 Å². The van der Waals surface area contributed by atoms with E-state index < -0.39 is 0 Å². The van der Waals surface area contributed by atoms with Crippen molar-refractivity contribution < 1.29 is 4.74 Å².